The molecule has 1 aliphatic rings. The van der Waals surface area contributed by atoms with E-state index in [0.29, 0.717) is 5.88 Å². The lowest BCUT2D eigenvalue weighted by Gasteiger charge is -2.21. The van der Waals surface area contributed by atoms with Crippen LogP contribution >= 0.6 is 11.6 Å². The minimum Gasteiger partial charge on any atom is -0.351 e. The molecule has 0 saturated heterocycles. The van der Waals surface area contributed by atoms with Gasteiger partial charge in [0, 0.05) is 19.3 Å². The highest BCUT2D eigenvalue weighted by Crippen LogP contribution is 2.22. The van der Waals surface area contributed by atoms with Crippen molar-refractivity contribution in [3.63, 3.8) is 0 Å². The molecule has 1 aromatic heterocycles. The summed E-state index contributed by atoms with van der Waals surface area (Å²) in [6.45, 7) is 1.91. The van der Waals surface area contributed by atoms with E-state index in [0.717, 1.165) is 37.4 Å². The Balaban J connectivity index is 1.89. The molecule has 98 valence electrons. The number of halogens is 1. The van der Waals surface area contributed by atoms with Crippen LogP contribution in [-0.2, 0) is 18.8 Å². The molecule has 2 aromatic rings. The molecule has 0 radical (unpaired) electrons. The van der Waals surface area contributed by atoms with Crippen LogP contribution in [0.4, 0.5) is 5.82 Å². The van der Waals surface area contributed by atoms with E-state index in [1.165, 1.54) is 11.1 Å². The van der Waals surface area contributed by atoms with Crippen LogP contribution in [0.2, 0.25) is 0 Å². The second-order valence-corrected chi connectivity index (χ2v) is 5.06. The van der Waals surface area contributed by atoms with Gasteiger partial charge in [0.1, 0.15) is 5.82 Å². The van der Waals surface area contributed by atoms with Gasteiger partial charge in [-0.15, -0.1) is 11.6 Å². The number of alkyl halides is 1. The summed E-state index contributed by atoms with van der Waals surface area (Å²) in [6.07, 6.45) is 5.82. The van der Waals surface area contributed by atoms with E-state index in [2.05, 4.69) is 39.1 Å². The summed E-state index contributed by atoms with van der Waals surface area (Å²) in [7, 11) is 0. The summed E-state index contributed by atoms with van der Waals surface area (Å²) in [4.78, 5) is 11.1. The van der Waals surface area contributed by atoms with Crippen LogP contribution in [0.25, 0.3) is 0 Å². The van der Waals surface area contributed by atoms with Gasteiger partial charge in [0.15, 0.2) is 0 Å². The SMILES string of the molecule is ClCc1cncc(N2CCCc3ccccc3C2)n1. The van der Waals surface area contributed by atoms with E-state index in [1.807, 2.05) is 6.20 Å². The summed E-state index contributed by atoms with van der Waals surface area (Å²) in [5.74, 6) is 1.33. The van der Waals surface area contributed by atoms with Crippen LogP contribution in [0.3, 0.4) is 0 Å². The molecular weight excluding hydrogens is 258 g/mol. The fourth-order valence-electron chi connectivity index (χ4n) is 2.51. The van der Waals surface area contributed by atoms with Gasteiger partial charge in [0.05, 0.1) is 17.8 Å². The lowest BCUT2D eigenvalue weighted by atomic mass is 10.0. The molecule has 1 aliphatic heterocycles. The highest BCUT2D eigenvalue weighted by Gasteiger charge is 2.15. The topological polar surface area (TPSA) is 29.0 Å². The number of nitrogens with zero attached hydrogens (tertiary/aromatic N) is 3. The van der Waals surface area contributed by atoms with Crippen LogP contribution in [0.1, 0.15) is 23.2 Å². The zero-order valence-electron chi connectivity index (χ0n) is 10.7. The summed E-state index contributed by atoms with van der Waals surface area (Å²) >= 11 is 5.83. The molecule has 3 nitrogen and oxygen atoms in total. The minimum absolute atomic E-state index is 0.408. The van der Waals surface area contributed by atoms with Gasteiger partial charge in [0.25, 0.3) is 0 Å². The number of fused-ring (bicyclic) bond motifs is 1. The van der Waals surface area contributed by atoms with Crippen molar-refractivity contribution in [3.05, 3.63) is 53.5 Å². The number of benzene rings is 1. The van der Waals surface area contributed by atoms with Gasteiger partial charge in [0.2, 0.25) is 0 Å². The number of hydrogen-bond donors (Lipinski definition) is 0. The molecule has 0 spiro atoms. The van der Waals surface area contributed by atoms with Crippen molar-refractivity contribution in [3.8, 4) is 0 Å². The first-order valence-electron chi connectivity index (χ1n) is 6.55. The molecule has 2 heterocycles. The number of aryl methyl sites for hydroxylation is 1. The molecule has 0 fully saturated rings. The van der Waals surface area contributed by atoms with Crippen LogP contribution in [0.15, 0.2) is 36.7 Å². The molecule has 1 aromatic carbocycles. The third-order valence-electron chi connectivity index (χ3n) is 3.49. The first-order chi connectivity index (χ1) is 9.36. The summed E-state index contributed by atoms with van der Waals surface area (Å²) in [6, 6.07) is 8.64. The lowest BCUT2D eigenvalue weighted by molar-refractivity contribution is 0.749. The van der Waals surface area contributed by atoms with Crippen LogP contribution < -0.4 is 4.90 Å². The Morgan fingerprint density at radius 3 is 2.84 bits per heavy atom. The van der Waals surface area contributed by atoms with Gasteiger partial charge in [-0.05, 0) is 24.0 Å². The van der Waals surface area contributed by atoms with E-state index in [-0.39, 0.29) is 0 Å². The summed E-state index contributed by atoms with van der Waals surface area (Å²) < 4.78 is 0. The molecule has 0 atom stereocenters. The van der Waals surface area contributed by atoms with Crippen LogP contribution in [0.5, 0.6) is 0 Å². The molecule has 0 amide bonds. The van der Waals surface area contributed by atoms with E-state index in [1.54, 1.807) is 6.20 Å². The maximum absolute atomic E-state index is 5.83. The van der Waals surface area contributed by atoms with Crippen LogP contribution in [-0.4, -0.2) is 16.5 Å². The normalized spacial score (nSPS) is 14.9. The lowest BCUT2D eigenvalue weighted by Crippen LogP contribution is -2.24. The van der Waals surface area contributed by atoms with Crippen molar-refractivity contribution in [2.45, 2.75) is 25.3 Å². The highest BCUT2D eigenvalue weighted by atomic mass is 35.5. The van der Waals surface area contributed by atoms with Crippen molar-refractivity contribution in [1.29, 1.82) is 0 Å². The Morgan fingerprint density at radius 2 is 2.00 bits per heavy atom. The second-order valence-electron chi connectivity index (χ2n) is 4.80. The Kier molecular flexibility index (Phi) is 3.65. The average Bonchev–Trinajstić information content (AvgIpc) is 2.69. The Hall–Kier alpha value is -1.61. The standard InChI is InChI=1S/C15H16ClN3/c16-8-14-9-17-10-15(18-14)19-7-3-6-12-4-1-2-5-13(12)11-19/h1-2,4-5,9-10H,3,6-8,11H2. The fourth-order valence-corrected chi connectivity index (χ4v) is 2.64. The Labute approximate surface area is 118 Å². The van der Waals surface area contributed by atoms with Crippen LogP contribution in [0, 0.1) is 0 Å². The minimum atomic E-state index is 0.408. The van der Waals surface area contributed by atoms with Crippen molar-refractivity contribution in [2.75, 3.05) is 11.4 Å². The smallest absolute Gasteiger partial charge is 0.147 e. The first-order valence-corrected chi connectivity index (χ1v) is 7.09. The highest BCUT2D eigenvalue weighted by molar-refractivity contribution is 6.16. The molecule has 0 saturated carbocycles. The van der Waals surface area contributed by atoms with E-state index >= 15 is 0 Å². The third-order valence-corrected chi connectivity index (χ3v) is 3.76. The molecule has 0 aliphatic carbocycles. The van der Waals surface area contributed by atoms with Gasteiger partial charge < -0.3 is 4.90 Å². The number of anilines is 1. The zero-order valence-corrected chi connectivity index (χ0v) is 11.5. The third kappa shape index (κ3) is 2.71. The molecule has 0 unspecified atom stereocenters. The predicted octanol–water partition coefficient (Wildman–Crippen LogP) is 3.17. The largest absolute Gasteiger partial charge is 0.351 e. The van der Waals surface area contributed by atoms with E-state index in [9.17, 15) is 0 Å². The molecule has 4 heteroatoms. The van der Waals surface area contributed by atoms with Crippen molar-refractivity contribution >= 4 is 17.4 Å². The maximum atomic E-state index is 5.83. The number of rotatable bonds is 2. The van der Waals surface area contributed by atoms with E-state index < -0.39 is 0 Å². The number of aromatic nitrogens is 2. The second kappa shape index (κ2) is 5.57. The predicted molar refractivity (Wildman–Crippen MR) is 77.4 cm³/mol. The maximum Gasteiger partial charge on any atom is 0.147 e. The summed E-state index contributed by atoms with van der Waals surface area (Å²) in [5, 5.41) is 0. The van der Waals surface area contributed by atoms with Gasteiger partial charge >= 0.3 is 0 Å². The molecule has 0 bridgehead atoms. The average molecular weight is 274 g/mol. The summed E-state index contributed by atoms with van der Waals surface area (Å²) in [5.41, 5.74) is 3.67. The molecule has 0 N–H and O–H groups in total. The Morgan fingerprint density at radius 1 is 1.16 bits per heavy atom. The zero-order chi connectivity index (χ0) is 13.1. The first kappa shape index (κ1) is 12.4. The van der Waals surface area contributed by atoms with Crippen molar-refractivity contribution < 1.29 is 0 Å². The molecular formula is C15H16ClN3. The van der Waals surface area contributed by atoms with Crippen molar-refractivity contribution in [1.82, 2.24) is 9.97 Å². The van der Waals surface area contributed by atoms with E-state index in [4.69, 9.17) is 11.6 Å². The van der Waals surface area contributed by atoms with Gasteiger partial charge in [-0.1, -0.05) is 24.3 Å². The van der Waals surface area contributed by atoms with Gasteiger partial charge in [-0.2, -0.15) is 0 Å². The fraction of sp³-hybridized carbons (Fsp3) is 0.333. The van der Waals surface area contributed by atoms with Crippen molar-refractivity contribution in [2.24, 2.45) is 0 Å². The quantitative estimate of drug-likeness (QED) is 0.787. The number of hydrogen-bond acceptors (Lipinski definition) is 3. The van der Waals surface area contributed by atoms with Gasteiger partial charge in [-0.25, -0.2) is 4.98 Å². The van der Waals surface area contributed by atoms with Gasteiger partial charge in [-0.3, -0.25) is 4.98 Å². The molecule has 19 heavy (non-hydrogen) atoms. The Bertz CT molecular complexity index is 571. The molecule has 3 rings (SSSR count). The monoisotopic (exact) mass is 273 g/mol.